The molecule has 0 aromatic heterocycles. The molecule has 0 unspecified atom stereocenters. The molecule has 0 bridgehead atoms. The summed E-state index contributed by atoms with van der Waals surface area (Å²) < 4.78 is 10.8. The van der Waals surface area contributed by atoms with Crippen molar-refractivity contribution >= 4 is 41.1 Å². The fourth-order valence-electron chi connectivity index (χ4n) is 2.00. The Kier molecular flexibility index (Phi) is 6.46. The number of carbonyl (C=O) groups is 2. The van der Waals surface area contributed by atoms with Gasteiger partial charge in [0.15, 0.2) is 12.9 Å². The van der Waals surface area contributed by atoms with Crippen molar-refractivity contribution in [1.82, 2.24) is 0 Å². The normalized spacial score (nSPS) is 10.1. The molecule has 0 atom stereocenters. The van der Waals surface area contributed by atoms with E-state index in [-0.39, 0.29) is 22.9 Å². The van der Waals surface area contributed by atoms with Gasteiger partial charge in [-0.1, -0.05) is 35.3 Å². The predicted molar refractivity (Wildman–Crippen MR) is 93.6 cm³/mol. The second-order valence-corrected chi connectivity index (χ2v) is 5.53. The highest BCUT2D eigenvalue weighted by atomic mass is 35.5. The molecule has 0 radical (unpaired) electrons. The SMILES string of the molecule is CCOc1ccccc1NC(=O)COc1c(Cl)cc(Cl)cc1C=O. The average molecular weight is 368 g/mol. The number of aldehydes is 1. The molecule has 0 fully saturated rings. The lowest BCUT2D eigenvalue weighted by Gasteiger charge is -2.13. The number of rotatable bonds is 7. The maximum atomic E-state index is 12.1. The summed E-state index contributed by atoms with van der Waals surface area (Å²) in [5.41, 5.74) is 0.709. The van der Waals surface area contributed by atoms with E-state index in [4.69, 9.17) is 32.7 Å². The van der Waals surface area contributed by atoms with Crippen LogP contribution in [0.4, 0.5) is 5.69 Å². The third-order valence-corrected chi connectivity index (χ3v) is 3.47. The monoisotopic (exact) mass is 367 g/mol. The molecule has 1 N–H and O–H groups in total. The molecule has 2 rings (SSSR count). The Hall–Kier alpha value is -2.24. The summed E-state index contributed by atoms with van der Waals surface area (Å²) in [5, 5.41) is 3.16. The summed E-state index contributed by atoms with van der Waals surface area (Å²) in [5.74, 6) is 0.265. The standard InChI is InChI=1S/C17H15Cl2NO4/c1-2-23-15-6-4-3-5-14(15)20-16(22)10-24-17-11(9-21)7-12(18)8-13(17)19/h3-9H,2,10H2,1H3,(H,20,22). The fraction of sp³-hybridized carbons (Fsp3) is 0.176. The molecule has 2 aromatic carbocycles. The number of benzene rings is 2. The van der Waals surface area contributed by atoms with Crippen LogP contribution in [0, 0.1) is 0 Å². The zero-order chi connectivity index (χ0) is 17.5. The first-order valence-corrected chi connectivity index (χ1v) is 7.89. The van der Waals surface area contributed by atoms with Gasteiger partial charge in [-0.15, -0.1) is 0 Å². The van der Waals surface area contributed by atoms with Gasteiger partial charge in [0.2, 0.25) is 0 Å². The second kappa shape index (κ2) is 8.57. The molecule has 0 aliphatic rings. The zero-order valence-corrected chi connectivity index (χ0v) is 14.4. The van der Waals surface area contributed by atoms with E-state index in [0.29, 0.717) is 29.4 Å². The van der Waals surface area contributed by atoms with E-state index in [9.17, 15) is 9.59 Å². The molecule has 5 nitrogen and oxygen atoms in total. The molecule has 0 aliphatic heterocycles. The van der Waals surface area contributed by atoms with Crippen molar-refractivity contribution in [2.75, 3.05) is 18.5 Å². The summed E-state index contributed by atoms with van der Waals surface area (Å²) in [6, 6.07) is 9.90. The lowest BCUT2D eigenvalue weighted by Crippen LogP contribution is -2.21. The minimum Gasteiger partial charge on any atom is -0.492 e. The van der Waals surface area contributed by atoms with Crippen molar-refractivity contribution in [1.29, 1.82) is 0 Å². The highest BCUT2D eigenvalue weighted by Gasteiger charge is 2.13. The molecule has 2 aromatic rings. The van der Waals surface area contributed by atoms with Crippen molar-refractivity contribution < 1.29 is 19.1 Å². The molecule has 0 saturated heterocycles. The number of ether oxygens (including phenoxy) is 2. The Morgan fingerprint density at radius 2 is 1.96 bits per heavy atom. The summed E-state index contributed by atoms with van der Waals surface area (Å²) in [6.07, 6.45) is 0.565. The van der Waals surface area contributed by atoms with Gasteiger partial charge in [-0.05, 0) is 31.2 Å². The first-order chi connectivity index (χ1) is 11.5. The van der Waals surface area contributed by atoms with Gasteiger partial charge in [0.1, 0.15) is 11.5 Å². The molecule has 0 saturated carbocycles. The van der Waals surface area contributed by atoms with Crippen molar-refractivity contribution in [3.8, 4) is 11.5 Å². The van der Waals surface area contributed by atoms with Crippen LogP contribution in [0.1, 0.15) is 17.3 Å². The third kappa shape index (κ3) is 4.63. The van der Waals surface area contributed by atoms with E-state index in [1.807, 2.05) is 6.92 Å². The summed E-state index contributed by atoms with van der Waals surface area (Å²) in [6.45, 7) is 2.01. The number of hydrogen-bond acceptors (Lipinski definition) is 4. The number of carbonyl (C=O) groups excluding carboxylic acids is 2. The number of para-hydroxylation sites is 2. The predicted octanol–water partition coefficient (Wildman–Crippen LogP) is 4.22. The Balaban J connectivity index is 2.06. The first kappa shape index (κ1) is 18.1. The van der Waals surface area contributed by atoms with Gasteiger partial charge in [-0.3, -0.25) is 9.59 Å². The van der Waals surface area contributed by atoms with Gasteiger partial charge in [-0.2, -0.15) is 0 Å². The van der Waals surface area contributed by atoms with E-state index in [1.165, 1.54) is 12.1 Å². The quantitative estimate of drug-likeness (QED) is 0.744. The van der Waals surface area contributed by atoms with E-state index < -0.39 is 5.91 Å². The maximum absolute atomic E-state index is 12.1. The second-order valence-electron chi connectivity index (χ2n) is 4.69. The van der Waals surface area contributed by atoms with Crippen LogP contribution in [0.15, 0.2) is 36.4 Å². The highest BCUT2D eigenvalue weighted by Crippen LogP contribution is 2.31. The molecule has 24 heavy (non-hydrogen) atoms. The largest absolute Gasteiger partial charge is 0.492 e. The minimum atomic E-state index is -0.412. The van der Waals surface area contributed by atoms with Crippen LogP contribution in [-0.4, -0.2) is 25.4 Å². The maximum Gasteiger partial charge on any atom is 0.262 e. The zero-order valence-electron chi connectivity index (χ0n) is 12.8. The average Bonchev–Trinajstić information content (AvgIpc) is 2.55. The molecule has 0 aliphatic carbocycles. The molecular formula is C17H15Cl2NO4. The molecule has 1 amide bonds. The van der Waals surface area contributed by atoms with Gasteiger partial charge in [0, 0.05) is 5.02 Å². The van der Waals surface area contributed by atoms with Crippen LogP contribution >= 0.6 is 23.2 Å². The van der Waals surface area contributed by atoms with Crippen LogP contribution in [0.25, 0.3) is 0 Å². The number of anilines is 1. The topological polar surface area (TPSA) is 64.6 Å². The van der Waals surface area contributed by atoms with E-state index in [2.05, 4.69) is 5.32 Å². The van der Waals surface area contributed by atoms with Gasteiger partial charge in [0.05, 0.1) is 22.9 Å². The summed E-state index contributed by atoms with van der Waals surface area (Å²) >= 11 is 11.8. The van der Waals surface area contributed by atoms with E-state index in [1.54, 1.807) is 24.3 Å². The van der Waals surface area contributed by atoms with Gasteiger partial charge >= 0.3 is 0 Å². The lowest BCUT2D eigenvalue weighted by molar-refractivity contribution is -0.118. The number of amides is 1. The van der Waals surface area contributed by atoms with E-state index in [0.717, 1.165) is 0 Å². The number of nitrogens with one attached hydrogen (secondary N) is 1. The van der Waals surface area contributed by atoms with Crippen LogP contribution in [0.5, 0.6) is 11.5 Å². The summed E-state index contributed by atoms with van der Waals surface area (Å²) in [4.78, 5) is 23.1. The fourth-order valence-corrected chi connectivity index (χ4v) is 2.56. The van der Waals surface area contributed by atoms with Crippen LogP contribution in [0.3, 0.4) is 0 Å². The Labute approximate surface area is 149 Å². The third-order valence-electron chi connectivity index (χ3n) is 2.97. The molecule has 0 spiro atoms. The first-order valence-electron chi connectivity index (χ1n) is 7.13. The number of halogens is 2. The van der Waals surface area contributed by atoms with Crippen molar-refractivity contribution in [2.45, 2.75) is 6.92 Å². The molecule has 126 valence electrons. The van der Waals surface area contributed by atoms with E-state index >= 15 is 0 Å². The van der Waals surface area contributed by atoms with Gasteiger partial charge in [0.25, 0.3) is 5.91 Å². The van der Waals surface area contributed by atoms with Crippen molar-refractivity contribution in [3.05, 3.63) is 52.0 Å². The minimum absolute atomic E-state index is 0.115. The van der Waals surface area contributed by atoms with Gasteiger partial charge in [-0.25, -0.2) is 0 Å². The summed E-state index contributed by atoms with van der Waals surface area (Å²) in [7, 11) is 0. The molecule has 7 heteroatoms. The Bertz CT molecular complexity index is 749. The lowest BCUT2D eigenvalue weighted by atomic mass is 10.2. The Morgan fingerprint density at radius 1 is 1.21 bits per heavy atom. The molecular weight excluding hydrogens is 353 g/mol. The van der Waals surface area contributed by atoms with Crippen LogP contribution in [-0.2, 0) is 4.79 Å². The van der Waals surface area contributed by atoms with Crippen LogP contribution in [0.2, 0.25) is 10.0 Å². The smallest absolute Gasteiger partial charge is 0.262 e. The molecule has 0 heterocycles. The highest BCUT2D eigenvalue weighted by molar-refractivity contribution is 6.36. The van der Waals surface area contributed by atoms with Crippen molar-refractivity contribution in [3.63, 3.8) is 0 Å². The van der Waals surface area contributed by atoms with Crippen molar-refractivity contribution in [2.24, 2.45) is 0 Å². The van der Waals surface area contributed by atoms with Gasteiger partial charge < -0.3 is 14.8 Å². The number of hydrogen-bond donors (Lipinski definition) is 1. The Morgan fingerprint density at radius 3 is 2.67 bits per heavy atom. The van der Waals surface area contributed by atoms with Crippen LogP contribution < -0.4 is 14.8 Å².